The van der Waals surface area contributed by atoms with E-state index in [2.05, 4.69) is 10.3 Å². The van der Waals surface area contributed by atoms with Crippen LogP contribution in [0.1, 0.15) is 49.6 Å². The highest BCUT2D eigenvalue weighted by Gasteiger charge is 2.34. The van der Waals surface area contributed by atoms with Crippen molar-refractivity contribution in [2.45, 2.75) is 44.6 Å². The molecule has 0 bridgehead atoms. The second-order valence-corrected chi connectivity index (χ2v) is 7.19. The van der Waals surface area contributed by atoms with Crippen molar-refractivity contribution in [3.05, 3.63) is 68.6 Å². The van der Waals surface area contributed by atoms with Gasteiger partial charge in [-0.2, -0.15) is 0 Å². The molecule has 2 N–H and O–H groups in total. The Morgan fingerprint density at radius 3 is 2.75 bits per heavy atom. The van der Waals surface area contributed by atoms with Gasteiger partial charge in [-0.3, -0.25) is 9.59 Å². The molecule has 1 heterocycles. The zero-order chi connectivity index (χ0) is 17.3. The molecule has 0 unspecified atom stereocenters. The summed E-state index contributed by atoms with van der Waals surface area (Å²) >= 11 is 6.27. The predicted octanol–water partition coefficient (Wildman–Crippen LogP) is 3.50. The summed E-state index contributed by atoms with van der Waals surface area (Å²) in [6.07, 6.45) is 2.64. The molecule has 1 aromatic heterocycles. The lowest BCUT2D eigenvalue weighted by atomic mass is 9.82. The summed E-state index contributed by atoms with van der Waals surface area (Å²) in [7, 11) is 0. The van der Waals surface area contributed by atoms with Crippen molar-refractivity contribution < 1.29 is 4.79 Å². The van der Waals surface area contributed by atoms with E-state index in [1.54, 1.807) is 6.07 Å². The highest BCUT2D eigenvalue weighted by Crippen LogP contribution is 2.33. The summed E-state index contributed by atoms with van der Waals surface area (Å²) in [5, 5.41) is 3.73. The lowest BCUT2D eigenvalue weighted by Gasteiger charge is -2.31. The Labute approximate surface area is 146 Å². The average Bonchev–Trinajstić information content (AvgIpc) is 2.55. The van der Waals surface area contributed by atoms with Crippen molar-refractivity contribution in [1.82, 2.24) is 10.3 Å². The summed E-state index contributed by atoms with van der Waals surface area (Å²) in [4.78, 5) is 27.3. The summed E-state index contributed by atoms with van der Waals surface area (Å²) in [6, 6.07) is 10.7. The van der Waals surface area contributed by atoms with Gasteiger partial charge in [0, 0.05) is 16.8 Å². The van der Waals surface area contributed by atoms with Crippen molar-refractivity contribution >= 4 is 17.5 Å². The Kier molecular flexibility index (Phi) is 4.50. The van der Waals surface area contributed by atoms with Gasteiger partial charge >= 0.3 is 0 Å². The van der Waals surface area contributed by atoms with Gasteiger partial charge < -0.3 is 10.3 Å². The van der Waals surface area contributed by atoms with Gasteiger partial charge in [-0.15, -0.1) is 0 Å². The van der Waals surface area contributed by atoms with Gasteiger partial charge in [0.25, 0.3) is 0 Å². The van der Waals surface area contributed by atoms with Crippen molar-refractivity contribution in [2.75, 3.05) is 0 Å². The van der Waals surface area contributed by atoms with Crippen molar-refractivity contribution in [1.29, 1.82) is 0 Å². The molecule has 0 saturated carbocycles. The van der Waals surface area contributed by atoms with E-state index in [-0.39, 0.29) is 17.5 Å². The maximum atomic E-state index is 12.9. The number of fused-ring (bicyclic) bond motifs is 1. The molecule has 1 amide bonds. The summed E-state index contributed by atoms with van der Waals surface area (Å²) < 4.78 is 0. The molecule has 24 heavy (non-hydrogen) atoms. The first-order valence-electron chi connectivity index (χ1n) is 8.17. The first kappa shape index (κ1) is 16.8. The summed E-state index contributed by atoms with van der Waals surface area (Å²) in [5.41, 5.74) is 1.90. The maximum Gasteiger partial charge on any atom is 0.248 e. The quantitative estimate of drug-likeness (QED) is 0.895. The van der Waals surface area contributed by atoms with Crippen molar-refractivity contribution in [3.8, 4) is 0 Å². The SMILES string of the molecule is CC(C)(C(=O)N[C@H]1CCCc2[nH]c(=O)ccc21)c1ccccc1Cl. The second-order valence-electron chi connectivity index (χ2n) is 6.78. The van der Waals surface area contributed by atoms with Crippen LogP contribution in [0.5, 0.6) is 0 Å². The number of hydrogen-bond acceptors (Lipinski definition) is 2. The maximum absolute atomic E-state index is 12.9. The molecule has 3 rings (SSSR count). The van der Waals surface area contributed by atoms with Gasteiger partial charge in [-0.1, -0.05) is 29.8 Å². The number of halogens is 1. The second kappa shape index (κ2) is 6.44. The van der Waals surface area contributed by atoms with E-state index in [4.69, 9.17) is 11.6 Å². The number of carbonyl (C=O) groups excluding carboxylic acids is 1. The fraction of sp³-hybridized carbons (Fsp3) is 0.368. The summed E-state index contributed by atoms with van der Waals surface area (Å²) in [6.45, 7) is 3.75. The van der Waals surface area contributed by atoms with E-state index in [9.17, 15) is 9.59 Å². The van der Waals surface area contributed by atoms with Crippen LogP contribution in [0.25, 0.3) is 0 Å². The number of amides is 1. The first-order chi connectivity index (χ1) is 11.4. The number of aryl methyl sites for hydroxylation is 1. The number of nitrogens with one attached hydrogen (secondary N) is 2. The lowest BCUT2D eigenvalue weighted by Crippen LogP contribution is -2.43. The third-order valence-electron chi connectivity index (χ3n) is 4.75. The molecule has 0 radical (unpaired) electrons. The molecule has 1 atom stereocenters. The molecular formula is C19H21ClN2O2. The minimum absolute atomic E-state index is 0.0698. The van der Waals surface area contributed by atoms with E-state index >= 15 is 0 Å². The van der Waals surface area contributed by atoms with Gasteiger partial charge in [-0.05, 0) is 56.4 Å². The number of benzene rings is 1. The van der Waals surface area contributed by atoms with Gasteiger partial charge in [0.05, 0.1) is 11.5 Å². The van der Waals surface area contributed by atoms with Crippen molar-refractivity contribution in [2.24, 2.45) is 0 Å². The Morgan fingerprint density at radius 2 is 2.00 bits per heavy atom. The third-order valence-corrected chi connectivity index (χ3v) is 5.08. The average molecular weight is 345 g/mol. The van der Waals surface area contributed by atoms with Crippen LogP contribution in [0.4, 0.5) is 0 Å². The first-order valence-corrected chi connectivity index (χ1v) is 8.55. The Hall–Kier alpha value is -2.07. The van der Waals surface area contributed by atoms with E-state index in [1.807, 2.05) is 38.1 Å². The van der Waals surface area contributed by atoms with E-state index in [0.29, 0.717) is 5.02 Å². The molecule has 4 nitrogen and oxygen atoms in total. The molecule has 0 spiro atoms. The number of rotatable bonds is 3. The highest BCUT2D eigenvalue weighted by molar-refractivity contribution is 6.31. The predicted molar refractivity (Wildman–Crippen MR) is 95.4 cm³/mol. The zero-order valence-electron chi connectivity index (χ0n) is 13.9. The van der Waals surface area contributed by atoms with Crippen LogP contribution in [0.2, 0.25) is 5.02 Å². The fourth-order valence-corrected chi connectivity index (χ4v) is 3.65. The van der Waals surface area contributed by atoms with Gasteiger partial charge in [0.15, 0.2) is 0 Å². The minimum atomic E-state index is -0.738. The molecule has 2 aromatic rings. The van der Waals surface area contributed by atoms with Crippen LogP contribution in [0.3, 0.4) is 0 Å². The number of hydrogen-bond donors (Lipinski definition) is 2. The van der Waals surface area contributed by atoms with Gasteiger partial charge in [0.2, 0.25) is 11.5 Å². The largest absolute Gasteiger partial charge is 0.348 e. The minimum Gasteiger partial charge on any atom is -0.348 e. The number of aromatic nitrogens is 1. The van der Waals surface area contributed by atoms with Gasteiger partial charge in [0.1, 0.15) is 0 Å². The van der Waals surface area contributed by atoms with E-state index < -0.39 is 5.41 Å². The number of pyridine rings is 1. The number of carbonyl (C=O) groups is 1. The molecule has 1 aliphatic carbocycles. The Balaban J connectivity index is 1.86. The molecule has 0 fully saturated rings. The van der Waals surface area contributed by atoms with Crippen LogP contribution in [0, 0.1) is 0 Å². The smallest absolute Gasteiger partial charge is 0.248 e. The molecule has 1 aromatic carbocycles. The van der Waals surface area contributed by atoms with Crippen LogP contribution in [-0.4, -0.2) is 10.9 Å². The molecule has 126 valence electrons. The van der Waals surface area contributed by atoms with Gasteiger partial charge in [-0.25, -0.2) is 0 Å². The zero-order valence-corrected chi connectivity index (χ0v) is 14.6. The Bertz CT molecular complexity index is 826. The molecule has 5 heteroatoms. The lowest BCUT2D eigenvalue weighted by molar-refractivity contribution is -0.126. The van der Waals surface area contributed by atoms with E-state index in [1.165, 1.54) is 6.07 Å². The fourth-order valence-electron chi connectivity index (χ4n) is 3.28. The Morgan fingerprint density at radius 1 is 1.25 bits per heavy atom. The summed E-state index contributed by atoms with van der Waals surface area (Å²) in [5.74, 6) is -0.0698. The molecule has 0 aliphatic heterocycles. The van der Waals surface area contributed by atoms with Crippen LogP contribution in [0.15, 0.2) is 41.2 Å². The molecule has 1 aliphatic rings. The molecular weight excluding hydrogens is 324 g/mol. The van der Waals surface area contributed by atoms with Crippen molar-refractivity contribution in [3.63, 3.8) is 0 Å². The number of H-pyrrole nitrogens is 1. The van der Waals surface area contributed by atoms with E-state index in [0.717, 1.165) is 36.1 Å². The third kappa shape index (κ3) is 3.11. The highest BCUT2D eigenvalue weighted by atomic mass is 35.5. The number of aromatic amines is 1. The molecule has 0 saturated heterocycles. The van der Waals surface area contributed by atoms with Crippen LogP contribution < -0.4 is 10.9 Å². The normalized spacial score (nSPS) is 17.2. The van der Waals surface area contributed by atoms with Crippen LogP contribution >= 0.6 is 11.6 Å². The monoisotopic (exact) mass is 344 g/mol. The standard InChI is InChI=1S/C19H21ClN2O2/c1-19(2,13-6-3-4-7-14(13)20)18(24)22-16-9-5-8-15-12(16)10-11-17(23)21-15/h3-4,6-7,10-11,16H,5,8-9H2,1-2H3,(H,21,23)(H,22,24)/t16-/m0/s1. The van der Waals surface area contributed by atoms with Crippen LogP contribution in [-0.2, 0) is 16.6 Å². The topological polar surface area (TPSA) is 62.0 Å².